The van der Waals surface area contributed by atoms with Gasteiger partial charge >= 0.3 is 6.03 Å². The van der Waals surface area contributed by atoms with Crippen LogP contribution in [0.4, 0.5) is 16.2 Å². The molecule has 0 unspecified atom stereocenters. The van der Waals surface area contributed by atoms with Crippen molar-refractivity contribution in [3.63, 3.8) is 0 Å². The van der Waals surface area contributed by atoms with E-state index in [2.05, 4.69) is 26.6 Å². The summed E-state index contributed by atoms with van der Waals surface area (Å²) in [5.41, 5.74) is 1.23. The van der Waals surface area contributed by atoms with Crippen molar-refractivity contribution in [1.29, 1.82) is 0 Å². The molecule has 2 aromatic carbocycles. The van der Waals surface area contributed by atoms with Crippen LogP contribution < -0.4 is 15.4 Å². The Labute approximate surface area is 130 Å². The van der Waals surface area contributed by atoms with E-state index < -0.39 is 0 Å². The van der Waals surface area contributed by atoms with Crippen molar-refractivity contribution in [3.8, 4) is 5.75 Å². The highest BCUT2D eigenvalue weighted by molar-refractivity contribution is 9.10. The Kier molecular flexibility index (Phi) is 4.87. The van der Waals surface area contributed by atoms with Gasteiger partial charge in [0.2, 0.25) is 0 Å². The lowest BCUT2D eigenvalue weighted by atomic mass is 10.3. The number of benzene rings is 2. The third kappa shape index (κ3) is 3.65. The van der Waals surface area contributed by atoms with E-state index in [1.807, 2.05) is 0 Å². The van der Waals surface area contributed by atoms with Crippen molar-refractivity contribution in [2.45, 2.75) is 0 Å². The van der Waals surface area contributed by atoms with Crippen LogP contribution in [-0.4, -0.2) is 13.1 Å². The van der Waals surface area contributed by atoms with Crippen LogP contribution in [0.5, 0.6) is 5.75 Å². The highest BCUT2D eigenvalue weighted by Crippen LogP contribution is 2.30. The molecule has 0 aliphatic heterocycles. The van der Waals surface area contributed by atoms with Crippen LogP contribution in [0.2, 0.25) is 5.02 Å². The number of hydrogen-bond donors (Lipinski definition) is 2. The molecule has 0 aliphatic rings. The number of methoxy groups -OCH3 is 1. The summed E-state index contributed by atoms with van der Waals surface area (Å²) in [6.07, 6.45) is 0. The van der Waals surface area contributed by atoms with E-state index in [0.29, 0.717) is 26.6 Å². The molecule has 20 heavy (non-hydrogen) atoms. The van der Waals surface area contributed by atoms with E-state index >= 15 is 0 Å². The van der Waals surface area contributed by atoms with E-state index in [0.717, 1.165) is 0 Å². The maximum absolute atomic E-state index is 11.9. The van der Waals surface area contributed by atoms with Gasteiger partial charge in [0.05, 0.1) is 22.3 Å². The van der Waals surface area contributed by atoms with E-state index in [-0.39, 0.29) is 6.03 Å². The van der Waals surface area contributed by atoms with Crippen LogP contribution in [0, 0.1) is 0 Å². The lowest BCUT2D eigenvalue weighted by Crippen LogP contribution is -2.19. The van der Waals surface area contributed by atoms with Gasteiger partial charge in [0.15, 0.2) is 0 Å². The molecule has 0 atom stereocenters. The van der Waals surface area contributed by atoms with Gasteiger partial charge in [-0.25, -0.2) is 4.79 Å². The summed E-state index contributed by atoms with van der Waals surface area (Å²) in [4.78, 5) is 11.9. The molecule has 0 saturated carbocycles. The second kappa shape index (κ2) is 6.63. The van der Waals surface area contributed by atoms with Gasteiger partial charge in [-0.05, 0) is 40.2 Å². The first-order valence-corrected chi connectivity index (χ1v) is 6.93. The molecule has 104 valence electrons. The van der Waals surface area contributed by atoms with Gasteiger partial charge in [-0.3, -0.25) is 0 Å². The smallest absolute Gasteiger partial charge is 0.323 e. The molecule has 0 heterocycles. The van der Waals surface area contributed by atoms with Crippen molar-refractivity contribution < 1.29 is 9.53 Å². The highest BCUT2D eigenvalue weighted by Gasteiger charge is 2.08. The zero-order chi connectivity index (χ0) is 14.5. The predicted molar refractivity (Wildman–Crippen MR) is 84.8 cm³/mol. The first kappa shape index (κ1) is 14.7. The van der Waals surface area contributed by atoms with Crippen LogP contribution in [0.15, 0.2) is 46.9 Å². The molecular formula is C14H12BrClN2O2. The zero-order valence-corrected chi connectivity index (χ0v) is 13.0. The van der Waals surface area contributed by atoms with Crippen molar-refractivity contribution >= 4 is 44.9 Å². The number of amides is 2. The summed E-state index contributed by atoms with van der Waals surface area (Å²) in [6.45, 7) is 0. The molecule has 0 fully saturated rings. The van der Waals surface area contributed by atoms with Crippen LogP contribution in [0.3, 0.4) is 0 Å². The Hall–Kier alpha value is -1.72. The Morgan fingerprint density at radius 1 is 1.20 bits per heavy atom. The summed E-state index contributed by atoms with van der Waals surface area (Å²) in [5, 5.41) is 5.96. The second-order valence-corrected chi connectivity index (χ2v) is 5.11. The van der Waals surface area contributed by atoms with Crippen LogP contribution in [0.25, 0.3) is 0 Å². The van der Waals surface area contributed by atoms with Gasteiger partial charge in [-0.15, -0.1) is 0 Å². The fourth-order valence-corrected chi connectivity index (χ4v) is 2.12. The summed E-state index contributed by atoms with van der Waals surface area (Å²) in [6, 6.07) is 12.0. The largest absolute Gasteiger partial charge is 0.497 e. The first-order valence-electron chi connectivity index (χ1n) is 5.76. The summed E-state index contributed by atoms with van der Waals surface area (Å²) >= 11 is 9.28. The van der Waals surface area contributed by atoms with Crippen LogP contribution in [0.1, 0.15) is 0 Å². The number of carbonyl (C=O) groups excluding carboxylic acids is 1. The number of hydrogen-bond acceptors (Lipinski definition) is 2. The molecule has 0 saturated heterocycles. The Bertz CT molecular complexity index is 634. The average Bonchev–Trinajstić information content (AvgIpc) is 2.44. The lowest BCUT2D eigenvalue weighted by molar-refractivity contribution is 0.262. The Balaban J connectivity index is 2.07. The first-order chi connectivity index (χ1) is 9.60. The predicted octanol–water partition coefficient (Wildman–Crippen LogP) is 4.76. The van der Waals surface area contributed by atoms with Crippen LogP contribution >= 0.6 is 27.5 Å². The molecule has 0 aliphatic carbocycles. The summed E-state index contributed by atoms with van der Waals surface area (Å²) in [7, 11) is 1.57. The Morgan fingerprint density at radius 2 is 1.95 bits per heavy atom. The van der Waals surface area contributed by atoms with E-state index in [1.165, 1.54) is 0 Å². The van der Waals surface area contributed by atoms with Gasteiger partial charge in [-0.2, -0.15) is 0 Å². The van der Waals surface area contributed by atoms with Crippen molar-refractivity contribution in [2.75, 3.05) is 17.7 Å². The quantitative estimate of drug-likeness (QED) is 0.834. The number of nitrogens with one attached hydrogen (secondary N) is 2. The molecule has 4 nitrogen and oxygen atoms in total. The van der Waals surface area contributed by atoms with E-state index in [4.69, 9.17) is 16.3 Å². The van der Waals surface area contributed by atoms with E-state index in [9.17, 15) is 4.79 Å². The number of rotatable bonds is 3. The molecule has 0 spiro atoms. The molecular weight excluding hydrogens is 344 g/mol. The number of carbonyl (C=O) groups is 1. The third-order valence-corrected chi connectivity index (χ3v) is 3.92. The fraction of sp³-hybridized carbons (Fsp3) is 0.0714. The van der Waals surface area contributed by atoms with Crippen molar-refractivity contribution in [3.05, 3.63) is 52.0 Å². The molecule has 6 heteroatoms. The van der Waals surface area contributed by atoms with Crippen molar-refractivity contribution in [2.24, 2.45) is 0 Å². The third-order valence-electron chi connectivity index (χ3n) is 2.53. The highest BCUT2D eigenvalue weighted by atomic mass is 79.9. The minimum atomic E-state index is -0.360. The Morgan fingerprint density at radius 3 is 2.70 bits per heavy atom. The van der Waals surface area contributed by atoms with Gasteiger partial charge in [0, 0.05) is 11.8 Å². The monoisotopic (exact) mass is 354 g/mol. The molecule has 2 rings (SSSR count). The van der Waals surface area contributed by atoms with Gasteiger partial charge in [0.1, 0.15) is 5.75 Å². The molecule has 2 aromatic rings. The summed E-state index contributed by atoms with van der Waals surface area (Å²) in [5.74, 6) is 0.673. The van der Waals surface area contributed by atoms with E-state index in [1.54, 1.807) is 49.6 Å². The second-order valence-electron chi connectivity index (χ2n) is 3.91. The van der Waals surface area contributed by atoms with Gasteiger partial charge in [-0.1, -0.05) is 23.7 Å². The molecule has 0 bridgehead atoms. The fourth-order valence-electron chi connectivity index (χ4n) is 1.59. The minimum absolute atomic E-state index is 0.360. The molecule has 0 aromatic heterocycles. The van der Waals surface area contributed by atoms with Gasteiger partial charge < -0.3 is 15.4 Å². The molecule has 2 amide bonds. The SMILES string of the molecule is COc1cccc(NC(=O)Nc2cccc(Cl)c2Br)c1. The molecule has 0 radical (unpaired) electrons. The minimum Gasteiger partial charge on any atom is -0.497 e. The number of anilines is 2. The number of halogens is 2. The average molecular weight is 356 g/mol. The normalized spacial score (nSPS) is 9.95. The molecule has 2 N–H and O–H groups in total. The maximum atomic E-state index is 11.9. The maximum Gasteiger partial charge on any atom is 0.323 e. The summed E-state index contributed by atoms with van der Waals surface area (Å²) < 4.78 is 5.73. The van der Waals surface area contributed by atoms with Crippen LogP contribution in [-0.2, 0) is 0 Å². The lowest BCUT2D eigenvalue weighted by Gasteiger charge is -2.10. The number of urea groups is 1. The standard InChI is InChI=1S/C14H12BrClN2O2/c1-20-10-5-2-4-9(8-10)17-14(19)18-12-7-3-6-11(16)13(12)15/h2-8H,1H3,(H2,17,18,19). The van der Waals surface area contributed by atoms with Crippen molar-refractivity contribution in [1.82, 2.24) is 0 Å². The zero-order valence-electron chi connectivity index (χ0n) is 10.6. The number of ether oxygens (including phenoxy) is 1. The van der Waals surface area contributed by atoms with Gasteiger partial charge in [0.25, 0.3) is 0 Å². The topological polar surface area (TPSA) is 50.4 Å².